The molecule has 1 atom stereocenters. The van der Waals surface area contributed by atoms with Gasteiger partial charge in [-0.25, -0.2) is 0 Å². The average molecular weight is 303 g/mol. The highest BCUT2D eigenvalue weighted by atomic mass is 16.5. The molecule has 0 radical (unpaired) electrons. The first kappa shape index (κ1) is 16.5. The summed E-state index contributed by atoms with van der Waals surface area (Å²) in [5.41, 5.74) is 9.27. The zero-order valence-corrected chi connectivity index (χ0v) is 13.3. The van der Waals surface area contributed by atoms with Gasteiger partial charge in [-0.15, -0.1) is 0 Å². The van der Waals surface area contributed by atoms with Crippen LogP contribution in [-0.4, -0.2) is 37.2 Å². The maximum atomic E-state index is 11.8. The molecular formula is C17H25N3O2. The highest BCUT2D eigenvalue weighted by Crippen LogP contribution is 2.22. The third-order valence-electron chi connectivity index (χ3n) is 3.99. The topological polar surface area (TPSA) is 80.1 Å². The number of hydrogen-bond acceptors (Lipinski definition) is 3. The predicted molar refractivity (Wildman–Crippen MR) is 88.9 cm³/mol. The van der Waals surface area contributed by atoms with Gasteiger partial charge in [0.1, 0.15) is 0 Å². The zero-order chi connectivity index (χ0) is 15.9. The molecule has 0 saturated carbocycles. The van der Waals surface area contributed by atoms with Crippen LogP contribution >= 0.6 is 0 Å². The van der Waals surface area contributed by atoms with Crippen LogP contribution in [0.2, 0.25) is 0 Å². The SMILES string of the molecule is CCc1cccc2c(CCNC(=O)CC(CN)OC)c[nH]c12. The number of aryl methyl sites for hydroxylation is 1. The van der Waals surface area contributed by atoms with Gasteiger partial charge in [-0.3, -0.25) is 4.79 Å². The Hall–Kier alpha value is -1.85. The molecule has 0 saturated heterocycles. The minimum Gasteiger partial charge on any atom is -0.380 e. The molecule has 0 spiro atoms. The molecule has 1 unspecified atom stereocenters. The lowest BCUT2D eigenvalue weighted by Gasteiger charge is -2.12. The van der Waals surface area contributed by atoms with Gasteiger partial charge in [0.15, 0.2) is 0 Å². The number of H-pyrrole nitrogens is 1. The molecule has 22 heavy (non-hydrogen) atoms. The van der Waals surface area contributed by atoms with Crippen LogP contribution in [0.1, 0.15) is 24.5 Å². The Balaban J connectivity index is 1.91. The van der Waals surface area contributed by atoms with Gasteiger partial charge in [0.05, 0.1) is 12.5 Å². The Kier molecular flexibility index (Phi) is 5.98. The van der Waals surface area contributed by atoms with Crippen molar-refractivity contribution in [3.05, 3.63) is 35.5 Å². The smallest absolute Gasteiger partial charge is 0.222 e. The van der Waals surface area contributed by atoms with Crippen molar-refractivity contribution in [3.8, 4) is 0 Å². The Morgan fingerprint density at radius 2 is 2.23 bits per heavy atom. The number of hydrogen-bond donors (Lipinski definition) is 3. The highest BCUT2D eigenvalue weighted by Gasteiger charge is 2.11. The Labute approximate surface area is 131 Å². The van der Waals surface area contributed by atoms with Crippen molar-refractivity contribution in [1.29, 1.82) is 0 Å². The predicted octanol–water partition coefficient (Wildman–Crippen LogP) is 1.75. The third-order valence-corrected chi connectivity index (χ3v) is 3.99. The summed E-state index contributed by atoms with van der Waals surface area (Å²) in [6.07, 6.45) is 3.94. The molecule has 1 amide bonds. The van der Waals surface area contributed by atoms with Crippen molar-refractivity contribution in [1.82, 2.24) is 10.3 Å². The monoisotopic (exact) mass is 303 g/mol. The van der Waals surface area contributed by atoms with E-state index >= 15 is 0 Å². The summed E-state index contributed by atoms with van der Waals surface area (Å²) in [6.45, 7) is 3.12. The van der Waals surface area contributed by atoms with Crippen molar-refractivity contribution in [2.24, 2.45) is 5.73 Å². The Morgan fingerprint density at radius 1 is 1.41 bits per heavy atom. The van der Waals surface area contributed by atoms with E-state index in [0.29, 0.717) is 19.5 Å². The van der Waals surface area contributed by atoms with Crippen LogP contribution in [0.4, 0.5) is 0 Å². The van der Waals surface area contributed by atoms with E-state index < -0.39 is 0 Å². The van der Waals surface area contributed by atoms with Crippen molar-refractivity contribution >= 4 is 16.8 Å². The minimum atomic E-state index is -0.208. The number of fused-ring (bicyclic) bond motifs is 1. The van der Waals surface area contributed by atoms with E-state index in [9.17, 15) is 4.79 Å². The number of benzene rings is 1. The fourth-order valence-electron chi connectivity index (χ4n) is 2.66. The van der Waals surface area contributed by atoms with Crippen LogP contribution in [0.3, 0.4) is 0 Å². The summed E-state index contributed by atoms with van der Waals surface area (Å²) in [5, 5.41) is 4.17. The highest BCUT2D eigenvalue weighted by molar-refractivity contribution is 5.86. The van der Waals surface area contributed by atoms with E-state index in [0.717, 1.165) is 12.8 Å². The fourth-order valence-corrected chi connectivity index (χ4v) is 2.66. The van der Waals surface area contributed by atoms with E-state index in [1.807, 2.05) is 6.20 Å². The van der Waals surface area contributed by atoms with Gasteiger partial charge in [-0.05, 0) is 24.0 Å². The lowest BCUT2D eigenvalue weighted by molar-refractivity contribution is -0.123. The van der Waals surface area contributed by atoms with Crippen molar-refractivity contribution in [3.63, 3.8) is 0 Å². The molecule has 0 aliphatic heterocycles. The van der Waals surface area contributed by atoms with Crippen LogP contribution in [0, 0.1) is 0 Å². The summed E-state index contributed by atoms with van der Waals surface area (Å²) in [6, 6.07) is 6.35. The van der Waals surface area contributed by atoms with Crippen LogP contribution in [0.25, 0.3) is 10.9 Å². The first-order chi connectivity index (χ1) is 10.7. The van der Waals surface area contributed by atoms with Gasteiger partial charge in [0.25, 0.3) is 0 Å². The van der Waals surface area contributed by atoms with E-state index in [2.05, 4.69) is 35.4 Å². The molecule has 0 bridgehead atoms. The van der Waals surface area contributed by atoms with Crippen molar-refractivity contribution in [2.75, 3.05) is 20.2 Å². The number of aromatic nitrogens is 1. The molecule has 2 aromatic rings. The number of para-hydroxylation sites is 1. The van der Waals surface area contributed by atoms with Crippen LogP contribution in [0.5, 0.6) is 0 Å². The molecule has 0 aliphatic rings. The molecule has 120 valence electrons. The zero-order valence-electron chi connectivity index (χ0n) is 13.3. The molecule has 0 aliphatic carbocycles. The van der Waals surface area contributed by atoms with Crippen molar-refractivity contribution < 1.29 is 9.53 Å². The van der Waals surface area contributed by atoms with Crippen LogP contribution in [-0.2, 0) is 22.4 Å². The lowest BCUT2D eigenvalue weighted by Crippen LogP contribution is -2.33. The summed E-state index contributed by atoms with van der Waals surface area (Å²) in [7, 11) is 1.57. The van der Waals surface area contributed by atoms with E-state index in [-0.39, 0.29) is 12.0 Å². The van der Waals surface area contributed by atoms with Gasteiger partial charge < -0.3 is 20.8 Å². The van der Waals surface area contributed by atoms with Crippen molar-refractivity contribution in [2.45, 2.75) is 32.3 Å². The van der Waals surface area contributed by atoms with Gasteiger partial charge in [0, 0.05) is 37.3 Å². The molecule has 1 heterocycles. The molecule has 1 aromatic carbocycles. The number of amides is 1. The van der Waals surface area contributed by atoms with Gasteiger partial charge in [-0.2, -0.15) is 0 Å². The molecule has 4 N–H and O–H groups in total. The minimum absolute atomic E-state index is 0.0219. The number of rotatable bonds is 8. The fraction of sp³-hybridized carbons (Fsp3) is 0.471. The second-order valence-electron chi connectivity index (χ2n) is 5.40. The van der Waals surface area contributed by atoms with E-state index in [4.69, 9.17) is 10.5 Å². The molecule has 1 aromatic heterocycles. The number of ether oxygens (including phenoxy) is 1. The summed E-state index contributed by atoms with van der Waals surface area (Å²) in [4.78, 5) is 15.2. The Bertz CT molecular complexity index is 617. The first-order valence-electron chi connectivity index (χ1n) is 7.77. The summed E-state index contributed by atoms with van der Waals surface area (Å²) >= 11 is 0. The summed E-state index contributed by atoms with van der Waals surface area (Å²) < 4.78 is 5.11. The molecular weight excluding hydrogens is 278 g/mol. The summed E-state index contributed by atoms with van der Waals surface area (Å²) in [5.74, 6) is -0.0219. The average Bonchev–Trinajstić information content (AvgIpc) is 2.96. The number of methoxy groups -OCH3 is 1. The van der Waals surface area contributed by atoms with Crippen LogP contribution in [0.15, 0.2) is 24.4 Å². The number of aromatic amines is 1. The number of nitrogens with one attached hydrogen (secondary N) is 2. The lowest BCUT2D eigenvalue weighted by atomic mass is 10.1. The molecule has 5 nitrogen and oxygen atoms in total. The third kappa shape index (κ3) is 3.87. The van der Waals surface area contributed by atoms with E-state index in [1.54, 1.807) is 7.11 Å². The standard InChI is InChI=1S/C17H25N3O2/c1-3-12-5-4-6-15-13(11-20-17(12)15)7-8-19-16(21)9-14(10-18)22-2/h4-6,11,14,20H,3,7-10,18H2,1-2H3,(H,19,21). The van der Waals surface area contributed by atoms with E-state index in [1.165, 1.54) is 22.0 Å². The number of carbonyl (C=O) groups excluding carboxylic acids is 1. The van der Waals surface area contributed by atoms with Gasteiger partial charge >= 0.3 is 0 Å². The maximum Gasteiger partial charge on any atom is 0.222 e. The van der Waals surface area contributed by atoms with Gasteiger partial charge in [0.2, 0.25) is 5.91 Å². The molecule has 2 rings (SSSR count). The quantitative estimate of drug-likeness (QED) is 0.695. The molecule has 5 heteroatoms. The largest absolute Gasteiger partial charge is 0.380 e. The Morgan fingerprint density at radius 3 is 2.91 bits per heavy atom. The normalized spacial score (nSPS) is 12.5. The maximum absolute atomic E-state index is 11.8. The number of carbonyl (C=O) groups is 1. The second kappa shape index (κ2) is 7.96. The second-order valence-corrected chi connectivity index (χ2v) is 5.40. The van der Waals surface area contributed by atoms with Gasteiger partial charge in [-0.1, -0.05) is 25.1 Å². The number of nitrogens with two attached hydrogens (primary N) is 1. The first-order valence-corrected chi connectivity index (χ1v) is 7.77. The van der Waals surface area contributed by atoms with Crippen LogP contribution < -0.4 is 11.1 Å². The molecule has 0 fully saturated rings.